The highest BCUT2D eigenvalue weighted by Gasteiger charge is 2.10. The van der Waals surface area contributed by atoms with E-state index in [2.05, 4.69) is 31.2 Å². The van der Waals surface area contributed by atoms with E-state index in [-0.39, 0.29) is 0 Å². The lowest BCUT2D eigenvalue weighted by Crippen LogP contribution is -2.00. The first-order chi connectivity index (χ1) is 8.63. The Hall–Kier alpha value is -1.40. The number of aryl methyl sites for hydroxylation is 1. The minimum Gasteiger partial charge on any atom is -0.337 e. The van der Waals surface area contributed by atoms with Crippen LogP contribution in [0.5, 0.6) is 0 Å². The van der Waals surface area contributed by atoms with E-state index in [4.69, 9.17) is 16.1 Å². The quantitative estimate of drug-likeness (QED) is 0.725. The molecule has 0 spiro atoms. The van der Waals surface area contributed by atoms with E-state index in [0.29, 0.717) is 23.3 Å². The van der Waals surface area contributed by atoms with Gasteiger partial charge in [0, 0.05) is 16.1 Å². The van der Waals surface area contributed by atoms with Crippen LogP contribution in [0, 0.1) is 6.92 Å². The lowest BCUT2D eigenvalue weighted by Gasteiger charge is -1.94. The average molecular weight is 328 g/mol. The molecule has 3 aromatic rings. The summed E-state index contributed by atoms with van der Waals surface area (Å²) in [5, 5.41) is 9.68. The highest BCUT2D eigenvalue weighted by atomic mass is 79.9. The predicted octanol–water partition coefficient (Wildman–Crippen LogP) is 3.19. The van der Waals surface area contributed by atoms with Crippen molar-refractivity contribution in [3.63, 3.8) is 0 Å². The lowest BCUT2D eigenvalue weighted by molar-refractivity contribution is 0.363. The number of benzene rings is 1. The average Bonchev–Trinajstić information content (AvgIpc) is 2.91. The van der Waals surface area contributed by atoms with Crippen molar-refractivity contribution in [1.29, 1.82) is 0 Å². The molecule has 0 N–H and O–H groups in total. The van der Waals surface area contributed by atoms with Gasteiger partial charge >= 0.3 is 0 Å². The van der Waals surface area contributed by atoms with E-state index < -0.39 is 0 Å². The van der Waals surface area contributed by atoms with Crippen molar-refractivity contribution in [2.75, 3.05) is 0 Å². The normalized spacial score (nSPS) is 11.3. The second-order valence-electron chi connectivity index (χ2n) is 3.86. The molecule has 1 aromatic carbocycles. The summed E-state index contributed by atoms with van der Waals surface area (Å²) in [7, 11) is 0. The van der Waals surface area contributed by atoms with Crippen molar-refractivity contribution >= 4 is 38.4 Å². The Kier molecular flexibility index (Phi) is 2.83. The monoisotopic (exact) mass is 326 g/mol. The van der Waals surface area contributed by atoms with Gasteiger partial charge in [-0.2, -0.15) is 10.1 Å². The van der Waals surface area contributed by atoms with Crippen LogP contribution in [0.25, 0.3) is 10.9 Å². The summed E-state index contributed by atoms with van der Waals surface area (Å²) in [5.74, 6) is 1.14. The van der Waals surface area contributed by atoms with E-state index in [0.717, 1.165) is 15.4 Å². The maximum absolute atomic E-state index is 6.19. The minimum atomic E-state index is 0.434. The number of halogens is 2. The zero-order valence-corrected chi connectivity index (χ0v) is 11.7. The second-order valence-corrected chi connectivity index (χ2v) is 5.09. The van der Waals surface area contributed by atoms with Crippen LogP contribution in [-0.2, 0) is 6.54 Å². The summed E-state index contributed by atoms with van der Waals surface area (Å²) in [5.41, 5.74) is 0.833. The van der Waals surface area contributed by atoms with Crippen LogP contribution in [0.2, 0.25) is 5.02 Å². The molecule has 2 heterocycles. The fraction of sp³-hybridized carbons (Fsp3) is 0.182. The van der Waals surface area contributed by atoms with E-state index >= 15 is 0 Å². The van der Waals surface area contributed by atoms with Crippen LogP contribution in [0.3, 0.4) is 0 Å². The first kappa shape index (κ1) is 11.7. The summed E-state index contributed by atoms with van der Waals surface area (Å²) in [6.45, 7) is 2.21. The molecule has 0 radical (unpaired) electrons. The molecule has 0 bridgehead atoms. The van der Waals surface area contributed by atoms with Crippen molar-refractivity contribution in [2.45, 2.75) is 13.5 Å². The molecule has 7 heteroatoms. The van der Waals surface area contributed by atoms with Crippen molar-refractivity contribution in [2.24, 2.45) is 0 Å². The molecule has 92 valence electrons. The Morgan fingerprint density at radius 3 is 3.00 bits per heavy atom. The Labute approximate surface area is 116 Å². The predicted molar refractivity (Wildman–Crippen MR) is 70.6 cm³/mol. The standard InChI is InChI=1S/C11H8BrClN4O/c1-6-14-10(18-16-6)5-17-4-7-9(15-17)3-2-8(12)11(7)13/h2-4H,5H2,1H3. The third-order valence-corrected chi connectivity index (χ3v) is 3.79. The zero-order chi connectivity index (χ0) is 12.7. The molecule has 0 aliphatic rings. The van der Waals surface area contributed by atoms with Gasteiger partial charge < -0.3 is 4.52 Å². The Morgan fingerprint density at radius 1 is 1.44 bits per heavy atom. The van der Waals surface area contributed by atoms with Gasteiger partial charge in [0.15, 0.2) is 5.82 Å². The number of aromatic nitrogens is 4. The van der Waals surface area contributed by atoms with Crippen molar-refractivity contribution in [3.8, 4) is 0 Å². The molecule has 0 unspecified atom stereocenters. The Morgan fingerprint density at radius 2 is 2.28 bits per heavy atom. The first-order valence-corrected chi connectivity index (χ1v) is 6.41. The fourth-order valence-electron chi connectivity index (χ4n) is 1.71. The van der Waals surface area contributed by atoms with Gasteiger partial charge in [0.05, 0.1) is 10.5 Å². The van der Waals surface area contributed by atoms with Gasteiger partial charge in [0.25, 0.3) is 0 Å². The smallest absolute Gasteiger partial charge is 0.248 e. The molecule has 0 aliphatic heterocycles. The van der Waals surface area contributed by atoms with Gasteiger partial charge in [-0.3, -0.25) is 4.68 Å². The minimum absolute atomic E-state index is 0.434. The highest BCUT2D eigenvalue weighted by molar-refractivity contribution is 9.10. The number of hydrogen-bond donors (Lipinski definition) is 0. The molecule has 0 amide bonds. The Balaban J connectivity index is 2.01. The van der Waals surface area contributed by atoms with Gasteiger partial charge in [0.2, 0.25) is 5.89 Å². The molecule has 0 atom stereocenters. The molecule has 2 aromatic heterocycles. The molecular weight excluding hydrogens is 320 g/mol. The molecule has 5 nitrogen and oxygen atoms in total. The molecule has 0 aliphatic carbocycles. The van der Waals surface area contributed by atoms with Crippen LogP contribution >= 0.6 is 27.5 Å². The number of hydrogen-bond acceptors (Lipinski definition) is 4. The molecule has 18 heavy (non-hydrogen) atoms. The summed E-state index contributed by atoms with van der Waals surface area (Å²) >= 11 is 9.58. The summed E-state index contributed by atoms with van der Waals surface area (Å²) in [6, 6.07) is 3.78. The van der Waals surface area contributed by atoms with Crippen LogP contribution in [0.4, 0.5) is 0 Å². The largest absolute Gasteiger partial charge is 0.337 e. The van der Waals surface area contributed by atoms with Crippen molar-refractivity contribution < 1.29 is 4.52 Å². The summed E-state index contributed by atoms with van der Waals surface area (Å²) in [6.07, 6.45) is 1.86. The third kappa shape index (κ3) is 2.02. The van der Waals surface area contributed by atoms with Crippen LogP contribution in [-0.4, -0.2) is 19.9 Å². The van der Waals surface area contributed by atoms with Gasteiger partial charge in [-0.05, 0) is 35.0 Å². The van der Waals surface area contributed by atoms with Gasteiger partial charge in [-0.25, -0.2) is 0 Å². The summed E-state index contributed by atoms with van der Waals surface area (Å²) in [4.78, 5) is 4.14. The van der Waals surface area contributed by atoms with Crippen LogP contribution in [0.15, 0.2) is 27.3 Å². The zero-order valence-electron chi connectivity index (χ0n) is 9.39. The maximum atomic E-state index is 6.19. The lowest BCUT2D eigenvalue weighted by atomic mass is 10.3. The highest BCUT2D eigenvalue weighted by Crippen LogP contribution is 2.30. The number of rotatable bonds is 2. The van der Waals surface area contributed by atoms with Crippen LogP contribution < -0.4 is 0 Å². The van der Waals surface area contributed by atoms with Crippen molar-refractivity contribution in [3.05, 3.63) is 39.5 Å². The molecular formula is C11H8BrClN4O. The SMILES string of the molecule is Cc1noc(Cn2cc3c(Cl)c(Br)ccc3n2)n1. The van der Waals surface area contributed by atoms with Gasteiger partial charge in [-0.15, -0.1) is 0 Å². The number of nitrogens with zero attached hydrogens (tertiary/aromatic N) is 4. The molecule has 0 fully saturated rings. The first-order valence-electron chi connectivity index (χ1n) is 5.24. The van der Waals surface area contributed by atoms with Crippen LogP contribution in [0.1, 0.15) is 11.7 Å². The van der Waals surface area contributed by atoms with E-state index in [1.54, 1.807) is 11.6 Å². The van der Waals surface area contributed by atoms with E-state index in [1.807, 2.05) is 18.3 Å². The van der Waals surface area contributed by atoms with Gasteiger partial charge in [0.1, 0.15) is 6.54 Å². The topological polar surface area (TPSA) is 56.7 Å². The van der Waals surface area contributed by atoms with Gasteiger partial charge in [-0.1, -0.05) is 16.8 Å². The molecule has 0 saturated heterocycles. The number of fused-ring (bicyclic) bond motifs is 1. The van der Waals surface area contributed by atoms with E-state index in [1.165, 1.54) is 0 Å². The summed E-state index contributed by atoms with van der Waals surface area (Å²) < 4.78 is 7.64. The fourth-order valence-corrected chi connectivity index (χ4v) is 2.26. The molecule has 3 rings (SSSR count). The Bertz CT molecular complexity index is 721. The van der Waals surface area contributed by atoms with Crippen molar-refractivity contribution in [1.82, 2.24) is 19.9 Å². The van der Waals surface area contributed by atoms with E-state index in [9.17, 15) is 0 Å². The molecule has 0 saturated carbocycles. The maximum Gasteiger partial charge on any atom is 0.248 e. The third-order valence-electron chi connectivity index (χ3n) is 2.49. The second kappa shape index (κ2) is 4.37.